The highest BCUT2D eigenvalue weighted by Crippen LogP contribution is 2.14. The molecule has 1 aromatic carbocycles. The van der Waals surface area contributed by atoms with Crippen LogP contribution in [0.2, 0.25) is 0 Å². The maximum absolute atomic E-state index is 12.0. The number of likely N-dealkylation sites (tertiary alicyclic amines) is 1. The van der Waals surface area contributed by atoms with Gasteiger partial charge in [0.05, 0.1) is 10.9 Å². The fourth-order valence-corrected chi connectivity index (χ4v) is 3.13. The number of H-pyrrole nitrogens is 1. The normalized spacial score (nSPS) is 15.9. The van der Waals surface area contributed by atoms with Gasteiger partial charge in [0.1, 0.15) is 0 Å². The van der Waals surface area contributed by atoms with Crippen LogP contribution in [-0.4, -0.2) is 40.6 Å². The molecule has 0 atom stereocenters. The first-order valence-corrected chi connectivity index (χ1v) is 8.34. The molecule has 1 aromatic heterocycles. The van der Waals surface area contributed by atoms with Crippen LogP contribution < -0.4 is 16.6 Å². The van der Waals surface area contributed by atoms with E-state index in [1.54, 1.807) is 6.07 Å². The Bertz CT molecular complexity index is 787. The molecule has 6 heteroatoms. The van der Waals surface area contributed by atoms with Crippen molar-refractivity contribution in [2.75, 3.05) is 31.5 Å². The number of nitrogens with zero attached hydrogens (tertiary/aromatic N) is 2. The number of nitrogens with one attached hydrogen (secondary N) is 2. The van der Waals surface area contributed by atoms with Gasteiger partial charge in [0.15, 0.2) is 0 Å². The molecule has 1 aliphatic rings. The van der Waals surface area contributed by atoms with E-state index in [0.717, 1.165) is 29.8 Å². The second-order valence-electron chi connectivity index (χ2n) is 6.24. The molecule has 0 unspecified atom stereocenters. The number of anilines is 1. The van der Waals surface area contributed by atoms with Crippen LogP contribution in [0.1, 0.15) is 25.7 Å². The van der Waals surface area contributed by atoms with E-state index in [2.05, 4.69) is 15.2 Å². The predicted octanol–water partition coefficient (Wildman–Crippen LogP) is 1.51. The van der Waals surface area contributed by atoms with Gasteiger partial charge in [-0.1, -0.05) is 6.42 Å². The Labute approximate surface area is 135 Å². The Kier molecular flexibility index (Phi) is 4.81. The van der Waals surface area contributed by atoms with E-state index < -0.39 is 0 Å². The van der Waals surface area contributed by atoms with Crippen LogP contribution in [0.15, 0.2) is 27.8 Å². The largest absolute Gasteiger partial charge is 0.385 e. The number of rotatable bonds is 5. The molecule has 2 heterocycles. The molecular weight excluding hydrogens is 292 g/mol. The molecule has 2 N–H and O–H groups in total. The summed E-state index contributed by atoms with van der Waals surface area (Å²) in [5.74, 6) is 0. The summed E-state index contributed by atoms with van der Waals surface area (Å²) in [4.78, 5) is 29.0. The molecule has 0 saturated carbocycles. The zero-order valence-electron chi connectivity index (χ0n) is 13.6. The SMILES string of the molecule is Cn1c(=O)[nH]c2cc(NCCCN3CCCCC3)ccc2c1=O. The molecule has 1 fully saturated rings. The number of aromatic nitrogens is 2. The Morgan fingerprint density at radius 3 is 2.74 bits per heavy atom. The van der Waals surface area contributed by atoms with Crippen molar-refractivity contribution in [3.8, 4) is 0 Å². The summed E-state index contributed by atoms with van der Waals surface area (Å²) in [5.41, 5.74) is 0.865. The summed E-state index contributed by atoms with van der Waals surface area (Å²) < 4.78 is 1.09. The number of hydrogen-bond donors (Lipinski definition) is 2. The van der Waals surface area contributed by atoms with Crippen LogP contribution >= 0.6 is 0 Å². The highest BCUT2D eigenvalue weighted by Gasteiger charge is 2.09. The van der Waals surface area contributed by atoms with E-state index in [1.807, 2.05) is 12.1 Å². The molecular formula is C17H24N4O2. The maximum Gasteiger partial charge on any atom is 0.328 e. The minimum atomic E-state index is -0.384. The second kappa shape index (κ2) is 7.00. The zero-order valence-corrected chi connectivity index (χ0v) is 13.6. The van der Waals surface area contributed by atoms with Crippen LogP contribution in [0, 0.1) is 0 Å². The topological polar surface area (TPSA) is 70.1 Å². The first kappa shape index (κ1) is 15.8. The van der Waals surface area contributed by atoms with Crippen molar-refractivity contribution in [2.45, 2.75) is 25.7 Å². The van der Waals surface area contributed by atoms with Gasteiger partial charge in [0.2, 0.25) is 0 Å². The number of aromatic amines is 1. The molecule has 2 aromatic rings. The van der Waals surface area contributed by atoms with Crippen molar-refractivity contribution in [1.29, 1.82) is 0 Å². The van der Waals surface area contributed by atoms with Crippen molar-refractivity contribution < 1.29 is 0 Å². The predicted molar refractivity (Wildman–Crippen MR) is 93.2 cm³/mol. The standard InChI is InChI=1S/C17H24N4O2/c1-20-16(22)14-7-6-13(12-15(14)19-17(20)23)18-8-5-11-21-9-3-2-4-10-21/h6-7,12,18H,2-5,8-11H2,1H3,(H,19,23). The van der Waals surface area contributed by atoms with Crippen LogP contribution in [0.3, 0.4) is 0 Å². The third-order valence-electron chi connectivity index (χ3n) is 4.53. The number of piperidine rings is 1. The summed E-state index contributed by atoms with van der Waals surface area (Å²) in [5, 5.41) is 3.91. The second-order valence-corrected chi connectivity index (χ2v) is 6.24. The van der Waals surface area contributed by atoms with Gasteiger partial charge < -0.3 is 15.2 Å². The van der Waals surface area contributed by atoms with Gasteiger partial charge >= 0.3 is 5.69 Å². The third-order valence-corrected chi connectivity index (χ3v) is 4.53. The van der Waals surface area contributed by atoms with E-state index in [1.165, 1.54) is 39.4 Å². The molecule has 0 bridgehead atoms. The van der Waals surface area contributed by atoms with Crippen molar-refractivity contribution in [2.24, 2.45) is 7.05 Å². The average Bonchev–Trinajstić information content (AvgIpc) is 2.57. The first-order chi connectivity index (χ1) is 11.1. The molecule has 0 aliphatic carbocycles. The molecule has 6 nitrogen and oxygen atoms in total. The van der Waals surface area contributed by atoms with Crippen LogP contribution in [0.25, 0.3) is 10.9 Å². The quantitative estimate of drug-likeness (QED) is 0.821. The Hall–Kier alpha value is -2.08. The van der Waals surface area contributed by atoms with Crippen molar-refractivity contribution in [1.82, 2.24) is 14.5 Å². The highest BCUT2D eigenvalue weighted by atomic mass is 16.2. The monoisotopic (exact) mass is 316 g/mol. The molecule has 3 rings (SSSR count). The van der Waals surface area contributed by atoms with Crippen LogP contribution in [-0.2, 0) is 7.05 Å². The van der Waals surface area contributed by atoms with Crippen LogP contribution in [0.4, 0.5) is 5.69 Å². The first-order valence-electron chi connectivity index (χ1n) is 8.34. The van der Waals surface area contributed by atoms with Gasteiger partial charge in [-0.05, 0) is 57.1 Å². The summed E-state index contributed by atoms with van der Waals surface area (Å²) in [6.07, 6.45) is 5.09. The lowest BCUT2D eigenvalue weighted by molar-refractivity contribution is 0.228. The molecule has 0 amide bonds. The van der Waals surface area contributed by atoms with E-state index in [9.17, 15) is 9.59 Å². The minimum absolute atomic E-state index is 0.264. The van der Waals surface area contributed by atoms with E-state index in [0.29, 0.717) is 10.9 Å². The van der Waals surface area contributed by atoms with Gasteiger partial charge in [0.25, 0.3) is 5.56 Å². The summed E-state index contributed by atoms with van der Waals surface area (Å²) >= 11 is 0. The van der Waals surface area contributed by atoms with E-state index in [-0.39, 0.29) is 11.2 Å². The average molecular weight is 316 g/mol. The van der Waals surface area contributed by atoms with Crippen molar-refractivity contribution in [3.63, 3.8) is 0 Å². The van der Waals surface area contributed by atoms with Gasteiger partial charge in [-0.25, -0.2) is 4.79 Å². The van der Waals surface area contributed by atoms with Gasteiger partial charge in [-0.15, -0.1) is 0 Å². The fourth-order valence-electron chi connectivity index (χ4n) is 3.13. The summed E-state index contributed by atoms with van der Waals surface area (Å²) in [6, 6.07) is 5.49. The van der Waals surface area contributed by atoms with Crippen LogP contribution in [0.5, 0.6) is 0 Å². The van der Waals surface area contributed by atoms with E-state index in [4.69, 9.17) is 0 Å². The van der Waals surface area contributed by atoms with Gasteiger partial charge in [-0.3, -0.25) is 9.36 Å². The molecule has 1 aliphatic heterocycles. The lowest BCUT2D eigenvalue weighted by Gasteiger charge is -2.26. The third kappa shape index (κ3) is 3.64. The molecule has 0 spiro atoms. The Balaban J connectivity index is 1.61. The lowest BCUT2D eigenvalue weighted by atomic mass is 10.1. The maximum atomic E-state index is 12.0. The van der Waals surface area contributed by atoms with Gasteiger partial charge in [0, 0.05) is 19.3 Å². The summed E-state index contributed by atoms with van der Waals surface area (Å²) in [6.45, 7) is 4.45. The van der Waals surface area contributed by atoms with Crippen molar-refractivity contribution in [3.05, 3.63) is 39.0 Å². The van der Waals surface area contributed by atoms with Crippen molar-refractivity contribution >= 4 is 16.6 Å². The number of benzene rings is 1. The van der Waals surface area contributed by atoms with E-state index >= 15 is 0 Å². The smallest absolute Gasteiger partial charge is 0.328 e. The summed E-state index contributed by atoms with van der Waals surface area (Å²) in [7, 11) is 1.48. The lowest BCUT2D eigenvalue weighted by Crippen LogP contribution is -2.32. The minimum Gasteiger partial charge on any atom is -0.385 e. The fraction of sp³-hybridized carbons (Fsp3) is 0.529. The molecule has 23 heavy (non-hydrogen) atoms. The zero-order chi connectivity index (χ0) is 16.2. The van der Waals surface area contributed by atoms with Gasteiger partial charge in [-0.2, -0.15) is 0 Å². The Morgan fingerprint density at radius 2 is 1.96 bits per heavy atom. The molecule has 1 saturated heterocycles. The highest BCUT2D eigenvalue weighted by molar-refractivity contribution is 5.81. The molecule has 124 valence electrons. The number of fused-ring (bicyclic) bond motifs is 1. The number of hydrogen-bond acceptors (Lipinski definition) is 4. The molecule has 0 radical (unpaired) electrons. The Morgan fingerprint density at radius 1 is 1.17 bits per heavy atom.